The summed E-state index contributed by atoms with van der Waals surface area (Å²) in [6.45, 7) is 2.94. The molecule has 0 bridgehead atoms. The van der Waals surface area contributed by atoms with Crippen molar-refractivity contribution in [1.82, 2.24) is 9.55 Å². The van der Waals surface area contributed by atoms with Gasteiger partial charge in [-0.1, -0.05) is 31.9 Å². The number of carbonyl (C=O) groups is 1. The number of carbonyl (C=O) groups excluding carboxylic acids is 1. The van der Waals surface area contributed by atoms with E-state index in [0.717, 1.165) is 25.8 Å². The molecule has 0 aliphatic heterocycles. The van der Waals surface area contributed by atoms with Gasteiger partial charge in [0.25, 0.3) is 0 Å². The summed E-state index contributed by atoms with van der Waals surface area (Å²) in [5.41, 5.74) is 1.60. The minimum atomic E-state index is -0.0869. The maximum Gasteiger partial charge on any atom is 0.211 e. The second kappa shape index (κ2) is 6.67. The standard InChI is InChI=1S/C16H17N3O/c1-2-3-4-8-19-12-18-11-15(19)16(20)14-7-5-6-13(9-14)10-17/h5-7,9,11-12H,2-4,8H2,1H3. The second-order valence-electron chi connectivity index (χ2n) is 4.70. The van der Waals surface area contributed by atoms with Crippen molar-refractivity contribution in [3.05, 3.63) is 53.6 Å². The van der Waals surface area contributed by atoms with E-state index in [9.17, 15) is 4.79 Å². The fourth-order valence-electron chi connectivity index (χ4n) is 2.10. The van der Waals surface area contributed by atoms with Crippen LogP contribution in [0, 0.1) is 11.3 Å². The van der Waals surface area contributed by atoms with Crippen molar-refractivity contribution in [1.29, 1.82) is 5.26 Å². The molecule has 0 amide bonds. The zero-order valence-corrected chi connectivity index (χ0v) is 11.5. The van der Waals surface area contributed by atoms with Crippen LogP contribution in [0.5, 0.6) is 0 Å². The highest BCUT2D eigenvalue weighted by Crippen LogP contribution is 2.12. The number of aryl methyl sites for hydroxylation is 1. The molecule has 0 fully saturated rings. The van der Waals surface area contributed by atoms with Crippen LogP contribution in [0.1, 0.15) is 47.8 Å². The molecule has 1 heterocycles. The van der Waals surface area contributed by atoms with E-state index in [-0.39, 0.29) is 5.78 Å². The van der Waals surface area contributed by atoms with E-state index in [1.807, 2.05) is 10.6 Å². The van der Waals surface area contributed by atoms with Crippen LogP contribution in [0.3, 0.4) is 0 Å². The molecule has 0 aliphatic carbocycles. The van der Waals surface area contributed by atoms with Crippen LogP contribution in [-0.4, -0.2) is 15.3 Å². The van der Waals surface area contributed by atoms with Crippen LogP contribution in [-0.2, 0) is 6.54 Å². The Hall–Kier alpha value is -2.41. The lowest BCUT2D eigenvalue weighted by Crippen LogP contribution is -2.10. The second-order valence-corrected chi connectivity index (χ2v) is 4.70. The highest BCUT2D eigenvalue weighted by Gasteiger charge is 2.14. The summed E-state index contributed by atoms with van der Waals surface area (Å²) in [6, 6.07) is 8.81. The van der Waals surface area contributed by atoms with Crippen LogP contribution < -0.4 is 0 Å². The summed E-state index contributed by atoms with van der Waals surface area (Å²) in [5, 5.41) is 8.89. The minimum Gasteiger partial charge on any atom is -0.328 e. The normalized spacial score (nSPS) is 10.2. The average molecular weight is 267 g/mol. The summed E-state index contributed by atoms with van der Waals surface area (Å²) in [6.07, 6.45) is 6.59. The van der Waals surface area contributed by atoms with Gasteiger partial charge < -0.3 is 4.57 Å². The number of nitriles is 1. The van der Waals surface area contributed by atoms with Crippen LogP contribution in [0.25, 0.3) is 0 Å². The maximum absolute atomic E-state index is 12.5. The lowest BCUT2D eigenvalue weighted by Gasteiger charge is -2.07. The maximum atomic E-state index is 12.5. The van der Waals surface area contributed by atoms with Gasteiger partial charge in [-0.3, -0.25) is 4.79 Å². The van der Waals surface area contributed by atoms with Crippen LogP contribution >= 0.6 is 0 Å². The van der Waals surface area contributed by atoms with Crippen molar-refractivity contribution in [2.45, 2.75) is 32.7 Å². The van der Waals surface area contributed by atoms with Gasteiger partial charge in [-0.15, -0.1) is 0 Å². The first-order chi connectivity index (χ1) is 9.76. The lowest BCUT2D eigenvalue weighted by molar-refractivity contribution is 0.103. The Morgan fingerprint density at radius 3 is 3.00 bits per heavy atom. The van der Waals surface area contributed by atoms with Gasteiger partial charge in [-0.2, -0.15) is 5.26 Å². The third kappa shape index (κ3) is 3.12. The third-order valence-corrected chi connectivity index (χ3v) is 3.20. The number of imidazole rings is 1. The molecule has 1 aromatic heterocycles. The van der Waals surface area contributed by atoms with E-state index in [1.54, 1.807) is 36.8 Å². The number of hydrogen-bond acceptors (Lipinski definition) is 3. The first kappa shape index (κ1) is 14.0. The van der Waals surface area contributed by atoms with Gasteiger partial charge in [0.15, 0.2) is 0 Å². The highest BCUT2D eigenvalue weighted by molar-refractivity contribution is 6.07. The van der Waals surface area contributed by atoms with Gasteiger partial charge in [0.1, 0.15) is 5.69 Å². The Bertz CT molecular complexity index is 637. The number of nitrogens with zero attached hydrogens (tertiary/aromatic N) is 3. The van der Waals surface area contributed by atoms with Crippen LogP contribution in [0.15, 0.2) is 36.8 Å². The van der Waals surface area contributed by atoms with E-state index in [0.29, 0.717) is 16.8 Å². The lowest BCUT2D eigenvalue weighted by atomic mass is 10.1. The van der Waals surface area contributed by atoms with E-state index < -0.39 is 0 Å². The van der Waals surface area contributed by atoms with Gasteiger partial charge >= 0.3 is 0 Å². The predicted octanol–water partition coefficient (Wildman–Crippen LogP) is 3.18. The summed E-state index contributed by atoms with van der Waals surface area (Å²) >= 11 is 0. The molecule has 0 N–H and O–H groups in total. The molecule has 0 radical (unpaired) electrons. The van der Waals surface area contributed by atoms with E-state index in [2.05, 4.69) is 11.9 Å². The van der Waals surface area contributed by atoms with Crippen molar-refractivity contribution < 1.29 is 4.79 Å². The predicted molar refractivity (Wildman–Crippen MR) is 76.3 cm³/mol. The molecule has 4 heteroatoms. The fourth-order valence-corrected chi connectivity index (χ4v) is 2.10. The summed E-state index contributed by atoms with van der Waals surface area (Å²) in [4.78, 5) is 16.5. The van der Waals surface area contributed by atoms with Crippen LogP contribution in [0.2, 0.25) is 0 Å². The van der Waals surface area contributed by atoms with Gasteiger partial charge in [-0.25, -0.2) is 4.98 Å². The Kier molecular flexibility index (Phi) is 4.67. The summed E-state index contributed by atoms with van der Waals surface area (Å²) < 4.78 is 1.89. The van der Waals surface area contributed by atoms with Gasteiger partial charge in [0.2, 0.25) is 5.78 Å². The smallest absolute Gasteiger partial charge is 0.211 e. The van der Waals surface area contributed by atoms with Crippen molar-refractivity contribution >= 4 is 5.78 Å². The molecule has 0 saturated heterocycles. The zero-order chi connectivity index (χ0) is 14.4. The number of hydrogen-bond donors (Lipinski definition) is 0. The molecule has 0 atom stereocenters. The molecule has 1 aromatic carbocycles. The number of rotatable bonds is 6. The quantitative estimate of drug-likeness (QED) is 0.596. The van der Waals surface area contributed by atoms with E-state index in [4.69, 9.17) is 5.26 Å². The minimum absolute atomic E-state index is 0.0869. The largest absolute Gasteiger partial charge is 0.328 e. The summed E-state index contributed by atoms with van der Waals surface area (Å²) in [7, 11) is 0. The van der Waals surface area contributed by atoms with Crippen LogP contribution in [0.4, 0.5) is 0 Å². The first-order valence-corrected chi connectivity index (χ1v) is 6.81. The molecule has 0 unspecified atom stereocenters. The highest BCUT2D eigenvalue weighted by atomic mass is 16.1. The number of ketones is 1. The third-order valence-electron chi connectivity index (χ3n) is 3.20. The number of unbranched alkanes of at least 4 members (excludes halogenated alkanes) is 2. The topological polar surface area (TPSA) is 58.7 Å². The molecule has 0 spiro atoms. The molecule has 0 aliphatic rings. The Balaban J connectivity index is 2.21. The Morgan fingerprint density at radius 1 is 1.40 bits per heavy atom. The molecule has 2 aromatic rings. The Morgan fingerprint density at radius 2 is 2.25 bits per heavy atom. The van der Waals surface area contributed by atoms with Crippen molar-refractivity contribution in [3.63, 3.8) is 0 Å². The van der Waals surface area contributed by atoms with E-state index >= 15 is 0 Å². The van der Waals surface area contributed by atoms with Crippen molar-refractivity contribution in [2.75, 3.05) is 0 Å². The monoisotopic (exact) mass is 267 g/mol. The van der Waals surface area contributed by atoms with Gasteiger partial charge in [-0.05, 0) is 18.6 Å². The number of benzene rings is 1. The van der Waals surface area contributed by atoms with Crippen molar-refractivity contribution in [2.24, 2.45) is 0 Å². The molecule has 0 saturated carbocycles. The number of aromatic nitrogens is 2. The molecule has 2 rings (SSSR count). The molecular formula is C16H17N3O. The molecule has 102 valence electrons. The van der Waals surface area contributed by atoms with Gasteiger partial charge in [0, 0.05) is 12.1 Å². The molecule has 4 nitrogen and oxygen atoms in total. The fraction of sp³-hybridized carbons (Fsp3) is 0.312. The Labute approximate surface area is 118 Å². The van der Waals surface area contributed by atoms with Gasteiger partial charge in [0.05, 0.1) is 24.2 Å². The average Bonchev–Trinajstić information content (AvgIpc) is 2.95. The van der Waals surface area contributed by atoms with E-state index in [1.165, 1.54) is 0 Å². The van der Waals surface area contributed by atoms with Crippen molar-refractivity contribution in [3.8, 4) is 6.07 Å². The zero-order valence-electron chi connectivity index (χ0n) is 11.5. The molecular weight excluding hydrogens is 250 g/mol. The summed E-state index contributed by atoms with van der Waals surface area (Å²) in [5.74, 6) is -0.0869. The SMILES string of the molecule is CCCCCn1cncc1C(=O)c1cccc(C#N)c1. The molecule has 20 heavy (non-hydrogen) atoms. The first-order valence-electron chi connectivity index (χ1n) is 6.81.